The molecule has 0 aliphatic heterocycles. The van der Waals surface area contributed by atoms with Crippen molar-refractivity contribution in [3.05, 3.63) is 87.6 Å². The largest absolute Gasteiger partial charge is 0.341 e. The fourth-order valence-corrected chi connectivity index (χ4v) is 3.83. The second-order valence-corrected chi connectivity index (χ2v) is 7.74. The smallest absolute Gasteiger partial charge is 0.274 e. The van der Waals surface area contributed by atoms with Crippen molar-refractivity contribution < 1.29 is 4.79 Å². The van der Waals surface area contributed by atoms with Gasteiger partial charge in [-0.2, -0.15) is 10.2 Å². The van der Waals surface area contributed by atoms with E-state index in [9.17, 15) is 9.59 Å². The predicted octanol–water partition coefficient (Wildman–Crippen LogP) is 2.94. The van der Waals surface area contributed by atoms with Gasteiger partial charge in [-0.25, -0.2) is 9.36 Å². The first-order valence-corrected chi connectivity index (χ1v) is 10.2. The van der Waals surface area contributed by atoms with Crippen molar-refractivity contribution in [1.29, 1.82) is 0 Å². The van der Waals surface area contributed by atoms with Gasteiger partial charge < -0.3 is 4.90 Å². The molecule has 1 amide bonds. The van der Waals surface area contributed by atoms with Gasteiger partial charge in [0, 0.05) is 37.3 Å². The molecule has 0 saturated carbocycles. The average molecular weight is 415 g/mol. The lowest BCUT2D eigenvalue weighted by molar-refractivity contribution is -0.129. The molecule has 0 N–H and O–H groups in total. The van der Waals surface area contributed by atoms with Crippen LogP contribution >= 0.6 is 0 Å². The molecule has 158 valence electrons. The van der Waals surface area contributed by atoms with E-state index in [-0.39, 0.29) is 17.9 Å². The molecule has 0 bridgehead atoms. The third kappa shape index (κ3) is 3.86. The van der Waals surface area contributed by atoms with Crippen LogP contribution in [-0.4, -0.2) is 37.4 Å². The highest BCUT2D eigenvalue weighted by molar-refractivity contribution is 5.88. The Morgan fingerprint density at radius 3 is 2.32 bits per heavy atom. The first kappa shape index (κ1) is 20.5. The van der Waals surface area contributed by atoms with Crippen LogP contribution in [0.25, 0.3) is 16.5 Å². The number of likely N-dealkylation sites (N-methyl/N-ethyl adjacent to an activating group) is 1. The Bertz CT molecular complexity index is 1320. The van der Waals surface area contributed by atoms with Crippen LogP contribution < -0.4 is 5.56 Å². The zero-order valence-corrected chi connectivity index (χ0v) is 18.2. The summed E-state index contributed by atoms with van der Waals surface area (Å²) < 4.78 is 3.20. The predicted molar refractivity (Wildman–Crippen MR) is 120 cm³/mol. The minimum Gasteiger partial charge on any atom is -0.341 e. The Kier molecular flexibility index (Phi) is 5.42. The Morgan fingerprint density at radius 1 is 0.968 bits per heavy atom. The monoisotopic (exact) mass is 415 g/mol. The number of hydrogen-bond acceptors (Lipinski definition) is 4. The van der Waals surface area contributed by atoms with Crippen molar-refractivity contribution in [3.63, 3.8) is 0 Å². The van der Waals surface area contributed by atoms with Gasteiger partial charge in [0.1, 0.15) is 0 Å². The summed E-state index contributed by atoms with van der Waals surface area (Å²) in [7, 11) is 3.39. The highest BCUT2D eigenvalue weighted by Crippen LogP contribution is 2.20. The molecule has 2 aromatic heterocycles. The Labute approximate surface area is 180 Å². The van der Waals surface area contributed by atoms with Crippen molar-refractivity contribution in [2.24, 2.45) is 7.05 Å². The van der Waals surface area contributed by atoms with Gasteiger partial charge in [-0.15, -0.1) is 0 Å². The molecule has 0 spiro atoms. The summed E-state index contributed by atoms with van der Waals surface area (Å²) in [5.74, 6) is -0.0671. The van der Waals surface area contributed by atoms with Crippen LogP contribution in [0.5, 0.6) is 0 Å². The molecule has 0 fully saturated rings. The van der Waals surface area contributed by atoms with Gasteiger partial charge in [0.15, 0.2) is 0 Å². The van der Waals surface area contributed by atoms with Crippen LogP contribution in [0.3, 0.4) is 0 Å². The van der Waals surface area contributed by atoms with E-state index in [1.54, 1.807) is 25.1 Å². The summed E-state index contributed by atoms with van der Waals surface area (Å²) in [5, 5.41) is 10.3. The maximum atomic E-state index is 13.0. The highest BCUT2D eigenvalue weighted by atomic mass is 16.2. The van der Waals surface area contributed by atoms with E-state index in [1.807, 2.05) is 67.1 Å². The van der Waals surface area contributed by atoms with Crippen LogP contribution in [0.4, 0.5) is 0 Å². The van der Waals surface area contributed by atoms with Crippen LogP contribution in [0, 0.1) is 13.8 Å². The summed E-state index contributed by atoms with van der Waals surface area (Å²) in [6.07, 6.45) is 0.121. The lowest BCUT2D eigenvalue weighted by Gasteiger charge is -2.18. The fourth-order valence-electron chi connectivity index (χ4n) is 3.83. The lowest BCUT2D eigenvalue weighted by atomic mass is 10.1. The highest BCUT2D eigenvalue weighted by Gasteiger charge is 2.19. The maximum absolute atomic E-state index is 13.0. The van der Waals surface area contributed by atoms with Crippen LogP contribution in [0.1, 0.15) is 22.6 Å². The minimum atomic E-state index is -0.167. The zero-order valence-electron chi connectivity index (χ0n) is 18.2. The SMILES string of the molecule is Cc1nn(-c2ccccc2)c(C)c1CN(C)C(=O)Cc1nn(C)c(=O)c2ccccc12. The number of fused-ring (bicyclic) bond motifs is 1. The molecule has 0 aliphatic carbocycles. The molecule has 0 unspecified atom stereocenters. The van der Waals surface area contributed by atoms with Crippen molar-refractivity contribution in [1.82, 2.24) is 24.5 Å². The van der Waals surface area contributed by atoms with E-state index in [4.69, 9.17) is 0 Å². The third-order valence-corrected chi connectivity index (χ3v) is 5.61. The van der Waals surface area contributed by atoms with E-state index >= 15 is 0 Å². The number of aryl methyl sites for hydroxylation is 2. The molecule has 0 saturated heterocycles. The molecule has 2 heterocycles. The molecule has 2 aromatic carbocycles. The van der Waals surface area contributed by atoms with Crippen LogP contribution in [0.2, 0.25) is 0 Å². The van der Waals surface area contributed by atoms with Gasteiger partial charge in [-0.1, -0.05) is 36.4 Å². The van der Waals surface area contributed by atoms with E-state index in [2.05, 4.69) is 10.2 Å². The summed E-state index contributed by atoms with van der Waals surface area (Å²) in [5.41, 5.74) is 4.35. The van der Waals surface area contributed by atoms with Crippen LogP contribution in [0.15, 0.2) is 59.4 Å². The average Bonchev–Trinajstić information content (AvgIpc) is 3.06. The Balaban J connectivity index is 1.58. The number of benzene rings is 2. The van der Waals surface area contributed by atoms with Gasteiger partial charge in [0.2, 0.25) is 5.91 Å². The minimum absolute atomic E-state index is 0.0671. The second-order valence-electron chi connectivity index (χ2n) is 7.74. The molecular formula is C24H25N5O2. The van der Waals surface area contributed by atoms with Gasteiger partial charge in [0.25, 0.3) is 5.56 Å². The number of carbonyl (C=O) groups excluding carboxylic acids is 1. The Hall–Kier alpha value is -3.74. The number of para-hydroxylation sites is 1. The molecular weight excluding hydrogens is 390 g/mol. The van der Waals surface area contributed by atoms with Crippen LogP contribution in [-0.2, 0) is 24.8 Å². The molecule has 0 atom stereocenters. The molecule has 31 heavy (non-hydrogen) atoms. The lowest BCUT2D eigenvalue weighted by Crippen LogP contribution is -2.30. The summed E-state index contributed by atoms with van der Waals surface area (Å²) in [6, 6.07) is 17.2. The summed E-state index contributed by atoms with van der Waals surface area (Å²) in [4.78, 5) is 27.0. The quantitative estimate of drug-likeness (QED) is 0.502. The summed E-state index contributed by atoms with van der Waals surface area (Å²) >= 11 is 0. The summed E-state index contributed by atoms with van der Waals surface area (Å²) in [6.45, 7) is 4.43. The molecule has 4 aromatic rings. The third-order valence-electron chi connectivity index (χ3n) is 5.61. The standard InChI is InChI=1S/C24H25N5O2/c1-16-21(17(2)29(25-16)18-10-6-5-7-11-18)15-27(3)23(30)14-22-19-12-8-9-13-20(19)24(31)28(4)26-22/h5-13H,14-15H2,1-4H3. The van der Waals surface area contributed by atoms with E-state index in [0.717, 1.165) is 28.0 Å². The molecule has 7 nitrogen and oxygen atoms in total. The second kappa shape index (κ2) is 8.18. The molecule has 0 radical (unpaired) electrons. The van der Waals surface area contributed by atoms with Crippen molar-refractivity contribution in [3.8, 4) is 5.69 Å². The first-order valence-electron chi connectivity index (χ1n) is 10.2. The normalized spacial score (nSPS) is 11.1. The molecule has 7 heteroatoms. The van der Waals surface area contributed by atoms with Crippen molar-refractivity contribution in [2.45, 2.75) is 26.8 Å². The Morgan fingerprint density at radius 2 is 1.61 bits per heavy atom. The maximum Gasteiger partial charge on any atom is 0.274 e. The van der Waals surface area contributed by atoms with Gasteiger partial charge in [-0.3, -0.25) is 9.59 Å². The van der Waals surface area contributed by atoms with E-state index in [0.29, 0.717) is 17.6 Å². The fraction of sp³-hybridized carbons (Fsp3) is 0.250. The molecule has 4 rings (SSSR count). The first-order chi connectivity index (χ1) is 14.9. The van der Waals surface area contributed by atoms with Gasteiger partial charge >= 0.3 is 0 Å². The zero-order chi connectivity index (χ0) is 22.1. The number of rotatable bonds is 5. The number of carbonyl (C=O) groups is 1. The van der Waals surface area contributed by atoms with Gasteiger partial charge in [-0.05, 0) is 32.0 Å². The number of aromatic nitrogens is 4. The van der Waals surface area contributed by atoms with E-state index < -0.39 is 0 Å². The topological polar surface area (TPSA) is 73.0 Å². The van der Waals surface area contributed by atoms with Crippen molar-refractivity contribution in [2.75, 3.05) is 7.05 Å². The van der Waals surface area contributed by atoms with Gasteiger partial charge in [0.05, 0.1) is 28.9 Å². The van der Waals surface area contributed by atoms with E-state index in [1.165, 1.54) is 4.68 Å². The molecule has 0 aliphatic rings. The number of hydrogen-bond donors (Lipinski definition) is 0. The number of nitrogens with zero attached hydrogens (tertiary/aromatic N) is 5. The van der Waals surface area contributed by atoms with Crippen molar-refractivity contribution >= 4 is 16.7 Å². The number of amides is 1.